The molecule has 1 N–H and O–H groups in total. The highest BCUT2D eigenvalue weighted by Crippen LogP contribution is 2.35. The summed E-state index contributed by atoms with van der Waals surface area (Å²) in [5, 5.41) is 9.67. The van der Waals surface area contributed by atoms with E-state index in [1.807, 2.05) is 0 Å². The molecule has 3 rings (SSSR count). The van der Waals surface area contributed by atoms with Gasteiger partial charge in [-0.1, -0.05) is 6.07 Å². The van der Waals surface area contributed by atoms with Gasteiger partial charge in [0.25, 0.3) is 0 Å². The van der Waals surface area contributed by atoms with E-state index >= 15 is 0 Å². The number of benzene rings is 2. The molecule has 0 saturated heterocycles. The van der Waals surface area contributed by atoms with Crippen LogP contribution in [0.5, 0.6) is 5.75 Å². The predicted molar refractivity (Wildman–Crippen MR) is 80.6 cm³/mol. The number of fused-ring (bicyclic) bond motifs is 1. The number of methoxy groups -OCH3 is 1. The molecule has 0 radical (unpaired) electrons. The number of carboxylic acids is 1. The first kappa shape index (κ1) is 14.9. The first-order chi connectivity index (χ1) is 11.0. The van der Waals surface area contributed by atoms with Crippen LogP contribution in [0.25, 0.3) is 22.0 Å². The van der Waals surface area contributed by atoms with Gasteiger partial charge >= 0.3 is 5.97 Å². The van der Waals surface area contributed by atoms with Crippen LogP contribution in [-0.4, -0.2) is 23.2 Å². The Kier molecular flexibility index (Phi) is 3.65. The molecule has 0 aliphatic carbocycles. The third-order valence-corrected chi connectivity index (χ3v) is 3.50. The minimum atomic E-state index is -1.13. The van der Waals surface area contributed by atoms with Crippen molar-refractivity contribution in [2.75, 3.05) is 7.11 Å². The third kappa shape index (κ3) is 2.59. The van der Waals surface area contributed by atoms with E-state index in [0.717, 1.165) is 6.20 Å². The van der Waals surface area contributed by atoms with Crippen LogP contribution in [-0.2, 0) is 0 Å². The lowest BCUT2D eigenvalue weighted by atomic mass is 10.0. The molecular weight excluding hydrogens is 304 g/mol. The molecule has 0 spiro atoms. The van der Waals surface area contributed by atoms with Gasteiger partial charge in [-0.2, -0.15) is 0 Å². The number of hydrogen-bond donors (Lipinski definition) is 1. The van der Waals surface area contributed by atoms with E-state index in [1.54, 1.807) is 0 Å². The Balaban J connectivity index is 2.35. The summed E-state index contributed by atoms with van der Waals surface area (Å²) in [4.78, 5) is 15.2. The molecule has 116 valence electrons. The van der Waals surface area contributed by atoms with Gasteiger partial charge in [0.1, 0.15) is 17.4 Å². The maximum absolute atomic E-state index is 14.0. The molecule has 3 aromatic rings. The molecule has 1 aromatic heterocycles. The van der Waals surface area contributed by atoms with Crippen molar-refractivity contribution in [1.82, 2.24) is 4.98 Å². The van der Waals surface area contributed by atoms with Crippen molar-refractivity contribution < 1.29 is 23.4 Å². The monoisotopic (exact) mass is 315 g/mol. The van der Waals surface area contributed by atoms with E-state index in [0.29, 0.717) is 16.6 Å². The zero-order valence-corrected chi connectivity index (χ0v) is 12.0. The highest BCUT2D eigenvalue weighted by atomic mass is 19.1. The molecule has 2 aromatic carbocycles. The zero-order valence-electron chi connectivity index (χ0n) is 12.0. The number of rotatable bonds is 3. The van der Waals surface area contributed by atoms with E-state index in [9.17, 15) is 13.6 Å². The Morgan fingerprint density at radius 1 is 1.13 bits per heavy atom. The van der Waals surface area contributed by atoms with E-state index in [2.05, 4.69) is 4.98 Å². The van der Waals surface area contributed by atoms with Crippen LogP contribution >= 0.6 is 0 Å². The summed E-state index contributed by atoms with van der Waals surface area (Å²) < 4.78 is 32.5. The van der Waals surface area contributed by atoms with Gasteiger partial charge in [0.15, 0.2) is 0 Å². The first-order valence-corrected chi connectivity index (χ1v) is 6.66. The second kappa shape index (κ2) is 5.64. The highest BCUT2D eigenvalue weighted by molar-refractivity contribution is 6.00. The van der Waals surface area contributed by atoms with Crippen molar-refractivity contribution >= 4 is 16.7 Å². The molecular formula is C17H11F2NO3. The normalized spacial score (nSPS) is 10.7. The summed E-state index contributed by atoms with van der Waals surface area (Å²) in [6, 6.07) is 7.92. The number of pyridine rings is 1. The molecule has 6 heteroatoms. The highest BCUT2D eigenvalue weighted by Gasteiger charge is 2.16. The summed E-state index contributed by atoms with van der Waals surface area (Å²) in [6.45, 7) is 0. The van der Waals surface area contributed by atoms with E-state index in [1.165, 1.54) is 43.5 Å². The minimum Gasteiger partial charge on any atom is -0.496 e. The number of hydrogen-bond acceptors (Lipinski definition) is 3. The third-order valence-electron chi connectivity index (χ3n) is 3.50. The Bertz CT molecular complexity index is 925. The quantitative estimate of drug-likeness (QED) is 0.796. The molecule has 23 heavy (non-hydrogen) atoms. The van der Waals surface area contributed by atoms with Crippen molar-refractivity contribution in [3.8, 4) is 17.0 Å². The SMILES string of the molecule is COc1cc(F)ccc1-c1ncc(F)c2ccc(C(=O)O)cc12. The molecule has 0 unspecified atom stereocenters. The minimum absolute atomic E-state index is 0.00669. The van der Waals surface area contributed by atoms with Crippen LogP contribution in [0.15, 0.2) is 42.6 Å². The topological polar surface area (TPSA) is 59.4 Å². The molecule has 0 saturated carbocycles. The Labute approximate surface area is 130 Å². The Hall–Kier alpha value is -3.02. The molecule has 1 heterocycles. The number of carboxylic acid groups (broad SMARTS) is 1. The van der Waals surface area contributed by atoms with Gasteiger partial charge in [-0.05, 0) is 24.3 Å². The van der Waals surface area contributed by atoms with Gasteiger partial charge in [0, 0.05) is 22.4 Å². The van der Waals surface area contributed by atoms with Crippen LogP contribution in [0.2, 0.25) is 0 Å². The smallest absolute Gasteiger partial charge is 0.335 e. The van der Waals surface area contributed by atoms with Crippen molar-refractivity contribution in [3.63, 3.8) is 0 Å². The summed E-state index contributed by atoms with van der Waals surface area (Å²) in [5.74, 6) is -1.95. The predicted octanol–water partition coefficient (Wildman–Crippen LogP) is 3.89. The zero-order chi connectivity index (χ0) is 16.6. The largest absolute Gasteiger partial charge is 0.496 e. The maximum Gasteiger partial charge on any atom is 0.335 e. The van der Waals surface area contributed by atoms with Crippen LogP contribution in [0.1, 0.15) is 10.4 Å². The fourth-order valence-electron chi connectivity index (χ4n) is 2.42. The van der Waals surface area contributed by atoms with E-state index in [4.69, 9.17) is 9.84 Å². The maximum atomic E-state index is 14.0. The fraction of sp³-hybridized carbons (Fsp3) is 0.0588. The second-order valence-corrected chi connectivity index (χ2v) is 4.86. The first-order valence-electron chi connectivity index (χ1n) is 6.66. The van der Waals surface area contributed by atoms with Crippen molar-refractivity contribution in [3.05, 3.63) is 59.8 Å². The van der Waals surface area contributed by atoms with Crippen LogP contribution in [0.4, 0.5) is 8.78 Å². The van der Waals surface area contributed by atoms with Gasteiger partial charge in [-0.15, -0.1) is 0 Å². The average molecular weight is 315 g/mol. The van der Waals surface area contributed by atoms with Gasteiger partial charge < -0.3 is 9.84 Å². The number of aromatic nitrogens is 1. The summed E-state index contributed by atoms with van der Waals surface area (Å²) >= 11 is 0. The van der Waals surface area contributed by atoms with Crippen molar-refractivity contribution in [1.29, 1.82) is 0 Å². The Morgan fingerprint density at radius 2 is 1.91 bits per heavy atom. The molecule has 4 nitrogen and oxygen atoms in total. The van der Waals surface area contributed by atoms with Crippen LogP contribution < -0.4 is 4.74 Å². The van der Waals surface area contributed by atoms with E-state index in [-0.39, 0.29) is 16.7 Å². The average Bonchev–Trinajstić information content (AvgIpc) is 2.55. The lowest BCUT2D eigenvalue weighted by Crippen LogP contribution is -1.98. The van der Waals surface area contributed by atoms with Crippen LogP contribution in [0.3, 0.4) is 0 Å². The lowest BCUT2D eigenvalue weighted by Gasteiger charge is -2.11. The molecule has 0 atom stereocenters. The Morgan fingerprint density at radius 3 is 2.61 bits per heavy atom. The number of nitrogens with zero attached hydrogens (tertiary/aromatic N) is 1. The van der Waals surface area contributed by atoms with Gasteiger partial charge in [-0.25, -0.2) is 13.6 Å². The van der Waals surface area contributed by atoms with Crippen LogP contribution in [0, 0.1) is 11.6 Å². The molecule has 0 fully saturated rings. The molecule has 0 aliphatic heterocycles. The van der Waals surface area contributed by atoms with Gasteiger partial charge in [0.05, 0.1) is 24.6 Å². The standard InChI is InChI=1S/C17H11F2NO3/c1-23-15-7-10(18)3-5-12(15)16-13-6-9(17(21)22)2-4-11(13)14(19)8-20-16/h2-8H,1H3,(H,21,22). The van der Waals surface area contributed by atoms with Gasteiger partial charge in [0.2, 0.25) is 0 Å². The molecule has 0 aliphatic rings. The van der Waals surface area contributed by atoms with Crippen molar-refractivity contribution in [2.45, 2.75) is 0 Å². The number of aromatic carboxylic acids is 1. The van der Waals surface area contributed by atoms with E-state index < -0.39 is 17.6 Å². The lowest BCUT2D eigenvalue weighted by molar-refractivity contribution is 0.0697. The van der Waals surface area contributed by atoms with Crippen molar-refractivity contribution in [2.24, 2.45) is 0 Å². The second-order valence-electron chi connectivity index (χ2n) is 4.86. The number of carbonyl (C=O) groups is 1. The summed E-state index contributed by atoms with van der Waals surface area (Å²) in [5.41, 5.74) is 0.773. The molecule has 0 amide bonds. The van der Waals surface area contributed by atoms with Gasteiger partial charge in [-0.3, -0.25) is 4.98 Å². The number of ether oxygens (including phenoxy) is 1. The fourth-order valence-corrected chi connectivity index (χ4v) is 2.42. The summed E-state index contributed by atoms with van der Waals surface area (Å²) in [6.07, 6.45) is 1.04. The number of halogens is 2. The molecule has 0 bridgehead atoms. The summed E-state index contributed by atoms with van der Waals surface area (Å²) in [7, 11) is 1.38.